The Morgan fingerprint density at radius 2 is 1.74 bits per heavy atom. The molecule has 0 radical (unpaired) electrons. The molecule has 1 saturated carbocycles. The SMILES string of the molecule is NC(=O)c1[nH]n2c(=O)cc(-c3cc(F)c(C4CCCCC4)c(F)c3)nc2c1C(=O)N1CC(CF)C1. The van der Waals surface area contributed by atoms with E-state index in [0.29, 0.717) is 12.8 Å². The minimum Gasteiger partial charge on any atom is -0.364 e. The number of aromatic amines is 1. The fourth-order valence-corrected chi connectivity index (χ4v) is 5.07. The third-order valence-electron chi connectivity index (χ3n) is 6.93. The molecule has 35 heavy (non-hydrogen) atoms. The number of hydrogen-bond donors (Lipinski definition) is 2. The fraction of sp³-hybridized carbons (Fsp3) is 0.417. The second-order valence-electron chi connectivity index (χ2n) is 9.28. The molecular formula is C24H24F3N5O3. The summed E-state index contributed by atoms with van der Waals surface area (Å²) in [6.45, 7) is -0.294. The predicted octanol–water partition coefficient (Wildman–Crippen LogP) is 3.16. The van der Waals surface area contributed by atoms with Crippen LogP contribution in [0.5, 0.6) is 0 Å². The van der Waals surface area contributed by atoms with Gasteiger partial charge < -0.3 is 10.6 Å². The maximum absolute atomic E-state index is 15.0. The van der Waals surface area contributed by atoms with Gasteiger partial charge in [0.25, 0.3) is 17.4 Å². The molecule has 1 aliphatic heterocycles. The van der Waals surface area contributed by atoms with Gasteiger partial charge in [-0.1, -0.05) is 19.3 Å². The molecule has 8 nitrogen and oxygen atoms in total. The monoisotopic (exact) mass is 487 g/mol. The van der Waals surface area contributed by atoms with Gasteiger partial charge in [-0.05, 0) is 30.9 Å². The van der Waals surface area contributed by atoms with Crippen LogP contribution >= 0.6 is 0 Å². The topological polar surface area (TPSA) is 114 Å². The molecule has 0 atom stereocenters. The van der Waals surface area contributed by atoms with Gasteiger partial charge in [-0.15, -0.1) is 0 Å². The molecule has 0 bridgehead atoms. The minimum absolute atomic E-state index is 0.0285. The third kappa shape index (κ3) is 3.98. The summed E-state index contributed by atoms with van der Waals surface area (Å²) >= 11 is 0. The van der Waals surface area contributed by atoms with Gasteiger partial charge in [0, 0.05) is 36.2 Å². The summed E-state index contributed by atoms with van der Waals surface area (Å²) in [6.07, 6.45) is 4.29. The highest BCUT2D eigenvalue weighted by atomic mass is 19.1. The van der Waals surface area contributed by atoms with Crippen LogP contribution in [-0.2, 0) is 0 Å². The Morgan fingerprint density at radius 1 is 1.09 bits per heavy atom. The van der Waals surface area contributed by atoms with Crippen LogP contribution in [0.1, 0.15) is 64.4 Å². The molecule has 2 aliphatic rings. The van der Waals surface area contributed by atoms with E-state index in [4.69, 9.17) is 5.73 Å². The second-order valence-corrected chi connectivity index (χ2v) is 9.28. The molecule has 184 valence electrons. The number of primary amides is 1. The number of rotatable bonds is 5. The molecule has 11 heteroatoms. The van der Waals surface area contributed by atoms with Crippen LogP contribution in [0.3, 0.4) is 0 Å². The molecule has 5 rings (SSSR count). The van der Waals surface area contributed by atoms with Crippen LogP contribution in [-0.4, -0.2) is 51.1 Å². The lowest BCUT2D eigenvalue weighted by molar-refractivity contribution is 0.0452. The number of carbonyl (C=O) groups excluding carboxylic acids is 2. The average molecular weight is 487 g/mol. The van der Waals surface area contributed by atoms with E-state index in [0.717, 1.165) is 42.0 Å². The van der Waals surface area contributed by atoms with Crippen molar-refractivity contribution in [2.75, 3.05) is 19.8 Å². The number of H-pyrrole nitrogens is 1. The number of hydrogen-bond acceptors (Lipinski definition) is 4. The summed E-state index contributed by atoms with van der Waals surface area (Å²) in [4.78, 5) is 43.5. The molecule has 1 aliphatic carbocycles. The first-order valence-corrected chi connectivity index (χ1v) is 11.6. The number of likely N-dealkylation sites (tertiary alicyclic amines) is 1. The van der Waals surface area contributed by atoms with E-state index in [1.165, 1.54) is 4.90 Å². The van der Waals surface area contributed by atoms with Crippen LogP contribution in [0, 0.1) is 17.6 Å². The predicted molar refractivity (Wildman–Crippen MR) is 121 cm³/mol. The lowest BCUT2D eigenvalue weighted by Gasteiger charge is -2.37. The van der Waals surface area contributed by atoms with E-state index in [-0.39, 0.29) is 58.7 Å². The third-order valence-corrected chi connectivity index (χ3v) is 6.93. The number of aromatic nitrogens is 3. The number of fused-ring (bicyclic) bond motifs is 1. The van der Waals surface area contributed by atoms with Gasteiger partial charge in [-0.2, -0.15) is 0 Å². The van der Waals surface area contributed by atoms with Crippen molar-refractivity contribution in [3.63, 3.8) is 0 Å². The van der Waals surface area contributed by atoms with Crippen molar-refractivity contribution in [1.82, 2.24) is 19.5 Å². The Balaban J connectivity index is 1.60. The molecule has 3 N–H and O–H groups in total. The van der Waals surface area contributed by atoms with Gasteiger partial charge in [0.05, 0.1) is 12.4 Å². The Labute approximate surface area is 197 Å². The molecule has 2 aromatic heterocycles. The van der Waals surface area contributed by atoms with Crippen LogP contribution in [0.15, 0.2) is 23.0 Å². The summed E-state index contributed by atoms with van der Waals surface area (Å²) in [7, 11) is 0. The maximum Gasteiger partial charge on any atom is 0.273 e. The van der Waals surface area contributed by atoms with Crippen molar-refractivity contribution in [3.05, 3.63) is 57.0 Å². The fourth-order valence-electron chi connectivity index (χ4n) is 5.07. The highest BCUT2D eigenvalue weighted by Crippen LogP contribution is 2.37. The molecule has 0 unspecified atom stereocenters. The number of nitrogens with zero attached hydrogens (tertiary/aromatic N) is 3. The van der Waals surface area contributed by atoms with Gasteiger partial charge in [0.2, 0.25) is 0 Å². The molecule has 3 heterocycles. The number of benzene rings is 1. The highest BCUT2D eigenvalue weighted by molar-refractivity contribution is 6.10. The second kappa shape index (κ2) is 8.86. The number of nitrogens with two attached hydrogens (primary N) is 1. The van der Waals surface area contributed by atoms with Gasteiger partial charge >= 0.3 is 0 Å². The summed E-state index contributed by atoms with van der Waals surface area (Å²) in [6, 6.07) is 3.32. The standard InChI is InChI=1S/C24H24F3N5O3/c25-9-12-10-31(11-12)24(35)20-21(22(28)34)30-32-18(33)8-17(29-23(20)32)14-6-15(26)19(16(27)7-14)13-4-2-1-3-5-13/h6-8,12-13,30H,1-5,9-11H2,(H2,28,34). The van der Waals surface area contributed by atoms with Gasteiger partial charge in [-0.3, -0.25) is 23.9 Å². The van der Waals surface area contributed by atoms with E-state index < -0.39 is 35.7 Å². The van der Waals surface area contributed by atoms with Crippen LogP contribution in [0.25, 0.3) is 16.9 Å². The Hall–Kier alpha value is -3.63. The first kappa shape index (κ1) is 23.1. The number of halogens is 3. The number of alkyl halides is 1. The highest BCUT2D eigenvalue weighted by Gasteiger charge is 2.35. The van der Waals surface area contributed by atoms with Gasteiger partial charge in [0.1, 0.15) is 22.9 Å². The first-order valence-electron chi connectivity index (χ1n) is 11.6. The lowest BCUT2D eigenvalue weighted by Crippen LogP contribution is -2.51. The number of nitrogens with one attached hydrogen (secondary N) is 1. The molecule has 2 fully saturated rings. The largest absolute Gasteiger partial charge is 0.364 e. The molecule has 0 spiro atoms. The Bertz CT molecular complexity index is 1360. The molecule has 3 aromatic rings. The van der Waals surface area contributed by atoms with E-state index >= 15 is 8.78 Å². The molecular weight excluding hydrogens is 463 g/mol. The normalized spacial score (nSPS) is 17.1. The van der Waals surface area contributed by atoms with Crippen molar-refractivity contribution < 1.29 is 22.8 Å². The lowest BCUT2D eigenvalue weighted by atomic mass is 9.83. The van der Waals surface area contributed by atoms with Crippen molar-refractivity contribution >= 4 is 17.5 Å². The first-order chi connectivity index (χ1) is 16.8. The van der Waals surface area contributed by atoms with E-state index in [9.17, 15) is 18.8 Å². The molecule has 1 aromatic carbocycles. The van der Waals surface area contributed by atoms with E-state index in [1.54, 1.807) is 0 Å². The van der Waals surface area contributed by atoms with Gasteiger partial charge in [-0.25, -0.2) is 18.3 Å². The van der Waals surface area contributed by atoms with Crippen molar-refractivity contribution in [2.45, 2.75) is 38.0 Å². The number of carbonyl (C=O) groups is 2. The molecule has 1 saturated heterocycles. The maximum atomic E-state index is 15.0. The van der Waals surface area contributed by atoms with Crippen LogP contribution < -0.4 is 11.3 Å². The van der Waals surface area contributed by atoms with Crippen LogP contribution in [0.4, 0.5) is 13.2 Å². The summed E-state index contributed by atoms with van der Waals surface area (Å²) in [5.41, 5.74) is 3.95. The summed E-state index contributed by atoms with van der Waals surface area (Å²) in [5.74, 6) is -3.56. The minimum atomic E-state index is -0.990. The van der Waals surface area contributed by atoms with Crippen molar-refractivity contribution in [1.29, 1.82) is 0 Å². The van der Waals surface area contributed by atoms with E-state index in [1.807, 2.05) is 0 Å². The van der Waals surface area contributed by atoms with Crippen LogP contribution in [0.2, 0.25) is 0 Å². The number of amides is 2. The van der Waals surface area contributed by atoms with Gasteiger partial charge in [0.15, 0.2) is 5.65 Å². The Morgan fingerprint density at radius 3 is 2.34 bits per heavy atom. The quantitative estimate of drug-likeness (QED) is 0.576. The zero-order chi connectivity index (χ0) is 24.9. The van der Waals surface area contributed by atoms with Crippen molar-refractivity contribution in [2.24, 2.45) is 11.7 Å². The molecule has 2 amide bonds. The van der Waals surface area contributed by atoms with Crippen molar-refractivity contribution in [3.8, 4) is 11.3 Å². The summed E-state index contributed by atoms with van der Waals surface area (Å²) in [5, 5.41) is 2.49. The Kier molecular flexibility index (Phi) is 5.86. The zero-order valence-electron chi connectivity index (χ0n) is 18.8. The average Bonchev–Trinajstić information content (AvgIpc) is 3.19. The van der Waals surface area contributed by atoms with E-state index in [2.05, 4.69) is 10.1 Å². The smallest absolute Gasteiger partial charge is 0.273 e. The summed E-state index contributed by atoms with van der Waals surface area (Å²) < 4.78 is 43.8. The zero-order valence-corrected chi connectivity index (χ0v) is 18.8.